The van der Waals surface area contributed by atoms with Gasteiger partial charge in [-0.05, 0) is 49.4 Å². The quantitative estimate of drug-likeness (QED) is 0.0222. The van der Waals surface area contributed by atoms with Gasteiger partial charge >= 0.3 is 39.5 Å². The fourth-order valence-electron chi connectivity index (χ4n) is 12.4. The molecule has 0 aromatic carbocycles. The maximum absolute atomic E-state index is 13.1. The first-order chi connectivity index (χ1) is 48.1. The second-order valence-corrected chi connectivity index (χ2v) is 33.7. The molecule has 0 aromatic rings. The molecule has 0 aliphatic carbocycles. The van der Waals surface area contributed by atoms with Crippen molar-refractivity contribution in [1.82, 2.24) is 0 Å². The lowest BCUT2D eigenvalue weighted by atomic mass is 9.99. The SMILES string of the molecule is CCC(C)CCCCCCCCCCCCCCCCCCCCC(=O)O[C@H](COC(=O)CCCCCCCCCC(C)C)COP(=O)(O)OCC(O)COP(=O)(O)OC[C@@H](COC(=O)CCCCCCCCCC(C)C)OC(=O)CCCCCCCCCCCCCCCCCC(C)C. The van der Waals surface area contributed by atoms with Gasteiger partial charge in [0, 0.05) is 25.7 Å². The Morgan fingerprint density at radius 3 is 0.710 bits per heavy atom. The molecule has 4 unspecified atom stereocenters. The average Bonchev–Trinajstić information content (AvgIpc) is 0.978. The number of hydrogen-bond donors (Lipinski definition) is 3. The van der Waals surface area contributed by atoms with E-state index in [-0.39, 0.29) is 25.7 Å². The number of carbonyl (C=O) groups excluding carboxylic acids is 4. The van der Waals surface area contributed by atoms with E-state index in [9.17, 15) is 43.2 Å². The predicted molar refractivity (Wildman–Crippen MR) is 409 cm³/mol. The summed E-state index contributed by atoms with van der Waals surface area (Å²) in [7, 11) is -9.92. The molecule has 594 valence electrons. The Balaban J connectivity index is 5.16. The number of phosphoric acid groups is 2. The van der Waals surface area contributed by atoms with Gasteiger partial charge in [0.25, 0.3) is 0 Å². The van der Waals surface area contributed by atoms with E-state index >= 15 is 0 Å². The standard InChI is InChI=1S/C81H158O17P2/c1-9-74(8)60-52-44-36-28-24-20-16-12-10-11-13-17-21-25-29-37-47-55-63-80(85)97-76(67-91-78(83)61-53-45-39-31-34-42-50-58-72(4)5)69-95-99(87,88)93-65-75(82)66-94-100(89,90)96-70-77(68-92-79(84)62-54-46-40-32-35-43-51-59-73(6)7)98-81(86)64-56-48-38-30-26-22-18-14-15-19-23-27-33-41-49-57-71(2)3/h71-77,82H,9-70H2,1-8H3,(H,87,88)(H,89,90)/t74?,75?,76-,77-/m1/s1. The Hall–Kier alpha value is -1.94. The van der Waals surface area contributed by atoms with Gasteiger partial charge in [0.15, 0.2) is 12.2 Å². The first-order valence-corrected chi connectivity index (χ1v) is 44.7. The monoisotopic (exact) mass is 1470 g/mol. The van der Waals surface area contributed by atoms with Gasteiger partial charge in [-0.15, -0.1) is 0 Å². The summed E-state index contributed by atoms with van der Waals surface area (Å²) in [5.74, 6) is 0.966. The number of aliphatic hydroxyl groups excluding tert-OH is 1. The molecule has 0 saturated heterocycles. The molecule has 100 heavy (non-hydrogen) atoms. The van der Waals surface area contributed by atoms with Crippen molar-refractivity contribution < 1.29 is 80.2 Å². The maximum Gasteiger partial charge on any atom is 0.472 e. The lowest BCUT2D eigenvalue weighted by molar-refractivity contribution is -0.161. The first kappa shape index (κ1) is 98.1. The number of aliphatic hydroxyl groups is 1. The summed E-state index contributed by atoms with van der Waals surface area (Å²) < 4.78 is 68.6. The molecule has 17 nitrogen and oxygen atoms in total. The minimum atomic E-state index is -4.96. The molecule has 0 aromatic heterocycles. The van der Waals surface area contributed by atoms with Crippen LogP contribution in [0.25, 0.3) is 0 Å². The molecule has 0 fully saturated rings. The van der Waals surface area contributed by atoms with Crippen LogP contribution in [0, 0.1) is 23.7 Å². The molecule has 0 saturated carbocycles. The summed E-state index contributed by atoms with van der Waals surface area (Å²) in [6, 6.07) is 0. The van der Waals surface area contributed by atoms with Gasteiger partial charge in [0.2, 0.25) is 0 Å². The fraction of sp³-hybridized carbons (Fsp3) is 0.951. The summed E-state index contributed by atoms with van der Waals surface area (Å²) in [6.45, 7) is 14.2. The van der Waals surface area contributed by atoms with Gasteiger partial charge in [-0.25, -0.2) is 9.13 Å². The summed E-state index contributed by atoms with van der Waals surface area (Å²) in [5.41, 5.74) is 0. The molecule has 0 radical (unpaired) electrons. The number of ether oxygens (including phenoxy) is 4. The van der Waals surface area contributed by atoms with Gasteiger partial charge in [0.05, 0.1) is 26.4 Å². The minimum Gasteiger partial charge on any atom is -0.462 e. The molecule has 3 N–H and O–H groups in total. The zero-order valence-corrected chi connectivity index (χ0v) is 67.6. The Kier molecular flexibility index (Phi) is 68.7. The number of rotatable bonds is 78. The third kappa shape index (κ3) is 73.0. The van der Waals surface area contributed by atoms with Gasteiger partial charge in [0.1, 0.15) is 19.3 Å². The van der Waals surface area contributed by atoms with Gasteiger partial charge in [-0.2, -0.15) is 0 Å². The fourth-order valence-corrected chi connectivity index (χ4v) is 14.0. The van der Waals surface area contributed by atoms with E-state index < -0.39 is 97.5 Å². The minimum absolute atomic E-state index is 0.107. The van der Waals surface area contributed by atoms with Crippen molar-refractivity contribution in [2.75, 3.05) is 39.6 Å². The highest BCUT2D eigenvalue weighted by atomic mass is 31.2. The van der Waals surface area contributed by atoms with Crippen molar-refractivity contribution in [1.29, 1.82) is 0 Å². The topological polar surface area (TPSA) is 237 Å². The molecule has 6 atom stereocenters. The molecular formula is C81H158O17P2. The summed E-state index contributed by atoms with van der Waals surface area (Å²) in [6.07, 6.45) is 57.2. The van der Waals surface area contributed by atoms with Crippen LogP contribution in [0.15, 0.2) is 0 Å². The number of hydrogen-bond acceptors (Lipinski definition) is 15. The van der Waals surface area contributed by atoms with E-state index in [1.54, 1.807) is 0 Å². The highest BCUT2D eigenvalue weighted by molar-refractivity contribution is 7.47. The molecule has 0 aliphatic heterocycles. The second-order valence-electron chi connectivity index (χ2n) is 30.8. The number of phosphoric ester groups is 2. The van der Waals surface area contributed by atoms with E-state index in [4.69, 9.17) is 37.0 Å². The van der Waals surface area contributed by atoms with E-state index in [2.05, 4.69) is 55.4 Å². The number of unbranched alkanes of at least 4 members (excludes halogenated alkanes) is 43. The van der Waals surface area contributed by atoms with Crippen molar-refractivity contribution in [2.45, 2.75) is 433 Å². The number of carbonyl (C=O) groups is 4. The highest BCUT2D eigenvalue weighted by Crippen LogP contribution is 2.45. The van der Waals surface area contributed by atoms with Crippen LogP contribution < -0.4 is 0 Å². The molecule has 0 aliphatic rings. The molecule has 19 heteroatoms. The predicted octanol–water partition coefficient (Wildman–Crippen LogP) is 24.0. The first-order valence-electron chi connectivity index (χ1n) is 41.7. The third-order valence-electron chi connectivity index (χ3n) is 19.2. The smallest absolute Gasteiger partial charge is 0.462 e. The second kappa shape index (κ2) is 70.1. The lowest BCUT2D eigenvalue weighted by Gasteiger charge is -2.21. The molecule has 0 rings (SSSR count). The normalized spacial score (nSPS) is 14.3. The summed E-state index contributed by atoms with van der Waals surface area (Å²) >= 11 is 0. The van der Waals surface area contributed by atoms with E-state index in [1.165, 1.54) is 205 Å². The average molecular weight is 1470 g/mol. The zero-order valence-electron chi connectivity index (χ0n) is 65.8. The Labute approximate surface area is 613 Å². The van der Waals surface area contributed by atoms with Crippen LogP contribution in [0.5, 0.6) is 0 Å². The largest absolute Gasteiger partial charge is 0.472 e. The van der Waals surface area contributed by atoms with Crippen LogP contribution in [-0.4, -0.2) is 96.7 Å². The highest BCUT2D eigenvalue weighted by Gasteiger charge is 2.30. The van der Waals surface area contributed by atoms with Crippen molar-refractivity contribution in [3.05, 3.63) is 0 Å². The summed E-state index contributed by atoms with van der Waals surface area (Å²) in [5, 5.41) is 10.6. The molecular weight excluding hydrogens is 1310 g/mol. The van der Waals surface area contributed by atoms with Crippen LogP contribution in [0.3, 0.4) is 0 Å². The van der Waals surface area contributed by atoms with Gasteiger partial charge < -0.3 is 33.8 Å². The van der Waals surface area contributed by atoms with E-state index in [0.29, 0.717) is 37.5 Å². The molecule has 0 bridgehead atoms. The maximum atomic E-state index is 13.1. The van der Waals surface area contributed by atoms with Crippen LogP contribution in [0.2, 0.25) is 0 Å². The molecule has 0 heterocycles. The van der Waals surface area contributed by atoms with E-state index in [1.807, 2.05) is 0 Å². The number of esters is 4. The van der Waals surface area contributed by atoms with Crippen LogP contribution in [0.1, 0.15) is 415 Å². The third-order valence-corrected chi connectivity index (χ3v) is 21.1. The Bertz CT molecular complexity index is 1960. The zero-order chi connectivity index (χ0) is 73.8. The van der Waals surface area contributed by atoms with Crippen LogP contribution in [0.4, 0.5) is 0 Å². The van der Waals surface area contributed by atoms with Crippen LogP contribution in [-0.2, 0) is 65.4 Å². The lowest BCUT2D eigenvalue weighted by Crippen LogP contribution is -2.30. The summed E-state index contributed by atoms with van der Waals surface area (Å²) in [4.78, 5) is 72.9. The van der Waals surface area contributed by atoms with Gasteiger partial charge in [-0.1, -0.05) is 364 Å². The van der Waals surface area contributed by atoms with Gasteiger partial charge in [-0.3, -0.25) is 37.3 Å². The van der Waals surface area contributed by atoms with Crippen molar-refractivity contribution in [3.8, 4) is 0 Å². The molecule has 0 spiro atoms. The van der Waals surface area contributed by atoms with Crippen molar-refractivity contribution >= 4 is 39.5 Å². The van der Waals surface area contributed by atoms with Crippen LogP contribution >= 0.6 is 15.6 Å². The van der Waals surface area contributed by atoms with Crippen molar-refractivity contribution in [3.63, 3.8) is 0 Å². The van der Waals surface area contributed by atoms with E-state index in [0.717, 1.165) is 115 Å². The van der Waals surface area contributed by atoms with Crippen molar-refractivity contribution in [2.24, 2.45) is 23.7 Å². The molecule has 0 amide bonds. The Morgan fingerprint density at radius 2 is 0.480 bits per heavy atom. The Morgan fingerprint density at radius 1 is 0.280 bits per heavy atom.